The lowest BCUT2D eigenvalue weighted by Gasteiger charge is -2.22. The molecule has 28 heavy (non-hydrogen) atoms. The number of amides is 3. The summed E-state index contributed by atoms with van der Waals surface area (Å²) in [6.07, 6.45) is 2.60. The van der Waals surface area contributed by atoms with E-state index >= 15 is 0 Å². The molecule has 1 aromatic carbocycles. The van der Waals surface area contributed by atoms with Gasteiger partial charge in [-0.05, 0) is 48.9 Å². The van der Waals surface area contributed by atoms with Crippen molar-refractivity contribution in [2.24, 2.45) is 0 Å². The fourth-order valence-electron chi connectivity index (χ4n) is 3.48. The molecule has 0 saturated heterocycles. The first-order chi connectivity index (χ1) is 13.6. The highest BCUT2D eigenvalue weighted by molar-refractivity contribution is 7.09. The number of carbonyl (C=O) groups excluding carboxylic acids is 3. The average molecular weight is 398 g/mol. The van der Waals surface area contributed by atoms with Gasteiger partial charge in [-0.15, -0.1) is 11.3 Å². The molecule has 0 bridgehead atoms. The number of nitrogens with zero attached hydrogens (tertiary/aromatic N) is 2. The number of carbonyl (C=O) groups is 3. The van der Waals surface area contributed by atoms with E-state index in [1.54, 1.807) is 36.6 Å². The Morgan fingerprint density at radius 1 is 1.21 bits per heavy atom. The zero-order chi connectivity index (χ0) is 19.7. The van der Waals surface area contributed by atoms with Gasteiger partial charge in [-0.2, -0.15) is 0 Å². The number of methoxy groups -OCH3 is 1. The number of fused-ring (bicyclic) bond motifs is 1. The fourth-order valence-corrected chi connectivity index (χ4v) is 4.19. The number of imide groups is 1. The first-order valence-electron chi connectivity index (χ1n) is 9.42. The van der Waals surface area contributed by atoms with E-state index in [0.717, 1.165) is 17.7 Å². The molecule has 1 fully saturated rings. The number of benzene rings is 1. The summed E-state index contributed by atoms with van der Waals surface area (Å²) in [7, 11) is 1.59. The molecule has 1 aromatic heterocycles. The number of hydrogen-bond acceptors (Lipinski definition) is 5. The second kappa shape index (κ2) is 7.85. The predicted octanol–water partition coefficient (Wildman–Crippen LogP) is 3.19. The highest BCUT2D eigenvalue weighted by atomic mass is 32.1. The molecule has 6 nitrogen and oxygen atoms in total. The van der Waals surface area contributed by atoms with E-state index in [1.807, 2.05) is 22.4 Å². The van der Waals surface area contributed by atoms with Crippen LogP contribution in [-0.2, 0) is 11.3 Å². The van der Waals surface area contributed by atoms with E-state index < -0.39 is 0 Å². The maximum absolute atomic E-state index is 13.1. The van der Waals surface area contributed by atoms with E-state index in [4.69, 9.17) is 4.74 Å². The van der Waals surface area contributed by atoms with E-state index in [9.17, 15) is 14.4 Å². The largest absolute Gasteiger partial charge is 0.385 e. The highest BCUT2D eigenvalue weighted by Crippen LogP contribution is 2.32. The smallest absolute Gasteiger partial charge is 0.261 e. The molecular weight excluding hydrogens is 376 g/mol. The second-order valence-electron chi connectivity index (χ2n) is 7.11. The van der Waals surface area contributed by atoms with Crippen molar-refractivity contribution in [2.45, 2.75) is 31.8 Å². The number of hydrogen-bond donors (Lipinski definition) is 0. The van der Waals surface area contributed by atoms with Gasteiger partial charge in [0.25, 0.3) is 17.7 Å². The molecule has 0 radical (unpaired) electrons. The van der Waals surface area contributed by atoms with Crippen LogP contribution in [0.3, 0.4) is 0 Å². The van der Waals surface area contributed by atoms with Crippen molar-refractivity contribution >= 4 is 29.1 Å². The molecule has 0 N–H and O–H groups in total. The van der Waals surface area contributed by atoms with Crippen molar-refractivity contribution < 1.29 is 19.1 Å². The Bertz CT molecular complexity index is 905. The zero-order valence-electron chi connectivity index (χ0n) is 15.7. The fraction of sp³-hybridized carbons (Fsp3) is 0.381. The minimum atomic E-state index is -0.331. The first-order valence-corrected chi connectivity index (χ1v) is 10.3. The molecule has 0 unspecified atom stereocenters. The summed E-state index contributed by atoms with van der Waals surface area (Å²) in [4.78, 5) is 42.6. The standard InChI is InChI=1S/C21H22N2O4S/c1-27-10-3-9-22-20(25)17-8-5-14(12-18(17)21(22)26)19(24)23(15-6-7-15)13-16-4-2-11-28-16/h2,4-5,8,11-12,15H,3,6-7,9-10,13H2,1H3. The molecule has 2 aliphatic rings. The van der Waals surface area contributed by atoms with Crippen LogP contribution in [0, 0.1) is 0 Å². The predicted molar refractivity (Wildman–Crippen MR) is 106 cm³/mol. The van der Waals surface area contributed by atoms with Crippen LogP contribution in [0.4, 0.5) is 0 Å². The third-order valence-corrected chi connectivity index (χ3v) is 5.96. The monoisotopic (exact) mass is 398 g/mol. The summed E-state index contributed by atoms with van der Waals surface area (Å²) in [6, 6.07) is 9.11. The van der Waals surface area contributed by atoms with Gasteiger partial charge in [0.15, 0.2) is 0 Å². The summed E-state index contributed by atoms with van der Waals surface area (Å²) < 4.78 is 5.00. The third kappa shape index (κ3) is 3.59. The van der Waals surface area contributed by atoms with E-state index in [2.05, 4.69) is 0 Å². The van der Waals surface area contributed by atoms with Crippen molar-refractivity contribution in [3.05, 3.63) is 57.3 Å². The Morgan fingerprint density at radius 2 is 2.00 bits per heavy atom. The third-order valence-electron chi connectivity index (χ3n) is 5.10. The topological polar surface area (TPSA) is 66.9 Å². The van der Waals surface area contributed by atoms with Gasteiger partial charge in [0.2, 0.25) is 0 Å². The molecular formula is C21H22N2O4S. The van der Waals surface area contributed by atoms with Crippen LogP contribution < -0.4 is 0 Å². The first kappa shape index (κ1) is 18.8. The van der Waals surface area contributed by atoms with Gasteiger partial charge < -0.3 is 9.64 Å². The summed E-state index contributed by atoms with van der Waals surface area (Å²) in [5.74, 6) is -0.716. The molecule has 2 aromatic rings. The molecule has 0 spiro atoms. The SMILES string of the molecule is COCCCN1C(=O)c2ccc(C(=O)N(Cc3cccs3)C3CC3)cc2C1=O. The molecule has 3 amide bonds. The molecule has 1 aliphatic carbocycles. The van der Waals surface area contributed by atoms with Crippen molar-refractivity contribution in [1.82, 2.24) is 9.80 Å². The van der Waals surface area contributed by atoms with Gasteiger partial charge in [0.1, 0.15) is 0 Å². The van der Waals surface area contributed by atoms with E-state index in [0.29, 0.717) is 42.8 Å². The van der Waals surface area contributed by atoms with Crippen molar-refractivity contribution in [3.8, 4) is 0 Å². The van der Waals surface area contributed by atoms with Gasteiger partial charge >= 0.3 is 0 Å². The van der Waals surface area contributed by atoms with Gasteiger partial charge in [-0.1, -0.05) is 6.07 Å². The van der Waals surface area contributed by atoms with Crippen LogP contribution in [0.25, 0.3) is 0 Å². The van der Waals surface area contributed by atoms with Crippen LogP contribution in [0.2, 0.25) is 0 Å². The number of rotatable bonds is 8. The minimum Gasteiger partial charge on any atom is -0.385 e. The maximum atomic E-state index is 13.1. The lowest BCUT2D eigenvalue weighted by atomic mass is 10.0. The Labute approximate surface area is 167 Å². The van der Waals surface area contributed by atoms with Gasteiger partial charge in [0, 0.05) is 36.7 Å². The van der Waals surface area contributed by atoms with Crippen LogP contribution in [0.5, 0.6) is 0 Å². The molecule has 146 valence electrons. The quantitative estimate of drug-likeness (QED) is 0.506. The van der Waals surface area contributed by atoms with Gasteiger partial charge in [-0.25, -0.2) is 0 Å². The van der Waals surface area contributed by atoms with Crippen LogP contribution in [0.1, 0.15) is 55.2 Å². The molecule has 4 rings (SSSR count). The zero-order valence-corrected chi connectivity index (χ0v) is 16.5. The number of ether oxygens (including phenoxy) is 1. The second-order valence-corrected chi connectivity index (χ2v) is 8.14. The molecule has 0 atom stereocenters. The van der Waals surface area contributed by atoms with Crippen molar-refractivity contribution in [2.75, 3.05) is 20.3 Å². The minimum absolute atomic E-state index is 0.0863. The summed E-state index contributed by atoms with van der Waals surface area (Å²) in [5.41, 5.74) is 1.15. The Hall–Kier alpha value is -2.51. The lowest BCUT2D eigenvalue weighted by Crippen LogP contribution is -2.32. The van der Waals surface area contributed by atoms with Crippen LogP contribution in [-0.4, -0.2) is 53.8 Å². The molecule has 2 heterocycles. The molecule has 1 aliphatic heterocycles. The molecule has 7 heteroatoms. The van der Waals surface area contributed by atoms with Gasteiger partial charge in [0.05, 0.1) is 17.7 Å². The lowest BCUT2D eigenvalue weighted by molar-refractivity contribution is 0.0638. The Kier molecular flexibility index (Phi) is 5.28. The van der Waals surface area contributed by atoms with Crippen molar-refractivity contribution in [3.63, 3.8) is 0 Å². The molecule has 1 saturated carbocycles. The van der Waals surface area contributed by atoms with Crippen LogP contribution >= 0.6 is 11.3 Å². The summed E-state index contributed by atoms with van der Waals surface area (Å²) in [5, 5.41) is 2.00. The summed E-state index contributed by atoms with van der Waals surface area (Å²) >= 11 is 1.63. The summed E-state index contributed by atoms with van der Waals surface area (Å²) in [6.45, 7) is 1.38. The van der Waals surface area contributed by atoms with Crippen molar-refractivity contribution in [1.29, 1.82) is 0 Å². The van der Waals surface area contributed by atoms with E-state index in [-0.39, 0.29) is 23.8 Å². The Balaban J connectivity index is 1.55. The normalized spacial score (nSPS) is 15.8. The maximum Gasteiger partial charge on any atom is 0.261 e. The van der Waals surface area contributed by atoms with Crippen LogP contribution in [0.15, 0.2) is 35.7 Å². The van der Waals surface area contributed by atoms with E-state index in [1.165, 1.54) is 4.90 Å². The number of thiophene rings is 1. The highest BCUT2D eigenvalue weighted by Gasteiger charge is 2.37. The average Bonchev–Trinajstić information content (AvgIpc) is 3.37. The van der Waals surface area contributed by atoms with Gasteiger partial charge in [-0.3, -0.25) is 19.3 Å². The Morgan fingerprint density at radius 3 is 2.68 bits per heavy atom.